The summed E-state index contributed by atoms with van der Waals surface area (Å²) < 4.78 is 40.4. The SMILES string of the molecule is CCOc1cc(/C=C/C(=O)c2cccc(OC(F)F)c2)ccc1OCC(=O)Nc1ccccc1C. The van der Waals surface area contributed by atoms with Gasteiger partial charge >= 0.3 is 6.61 Å². The molecule has 6 nitrogen and oxygen atoms in total. The summed E-state index contributed by atoms with van der Waals surface area (Å²) in [7, 11) is 0. The summed E-state index contributed by atoms with van der Waals surface area (Å²) in [5.74, 6) is 0.0151. The van der Waals surface area contributed by atoms with Gasteiger partial charge in [-0.1, -0.05) is 42.5 Å². The van der Waals surface area contributed by atoms with Crippen LogP contribution in [0.4, 0.5) is 14.5 Å². The maximum atomic E-state index is 12.5. The number of hydrogen-bond donors (Lipinski definition) is 1. The van der Waals surface area contributed by atoms with E-state index in [2.05, 4.69) is 10.1 Å². The van der Waals surface area contributed by atoms with Crippen LogP contribution in [0.25, 0.3) is 6.08 Å². The molecule has 0 atom stereocenters. The zero-order valence-corrected chi connectivity index (χ0v) is 19.3. The lowest BCUT2D eigenvalue weighted by Crippen LogP contribution is -2.20. The number of nitrogens with one attached hydrogen (secondary N) is 1. The number of carbonyl (C=O) groups is 2. The molecule has 0 radical (unpaired) electrons. The van der Waals surface area contributed by atoms with E-state index < -0.39 is 6.61 Å². The first kappa shape index (κ1) is 25.4. The molecule has 3 aromatic carbocycles. The van der Waals surface area contributed by atoms with Gasteiger partial charge in [0.1, 0.15) is 5.75 Å². The number of benzene rings is 3. The third-order valence-corrected chi connectivity index (χ3v) is 4.82. The quantitative estimate of drug-likeness (QED) is 0.272. The van der Waals surface area contributed by atoms with E-state index in [4.69, 9.17) is 9.47 Å². The first-order chi connectivity index (χ1) is 16.9. The van der Waals surface area contributed by atoms with Crippen molar-refractivity contribution in [3.8, 4) is 17.2 Å². The van der Waals surface area contributed by atoms with Crippen molar-refractivity contribution in [3.63, 3.8) is 0 Å². The maximum absolute atomic E-state index is 12.5. The fraction of sp³-hybridized carbons (Fsp3) is 0.185. The molecule has 3 rings (SSSR count). The molecule has 0 saturated heterocycles. The van der Waals surface area contributed by atoms with Crippen molar-refractivity contribution < 1.29 is 32.6 Å². The van der Waals surface area contributed by atoms with Gasteiger partial charge in [-0.05, 0) is 61.4 Å². The molecule has 1 N–H and O–H groups in total. The fourth-order valence-corrected chi connectivity index (χ4v) is 3.15. The number of hydrogen-bond acceptors (Lipinski definition) is 5. The highest BCUT2D eigenvalue weighted by Gasteiger charge is 2.11. The minimum Gasteiger partial charge on any atom is -0.490 e. The van der Waals surface area contributed by atoms with Crippen molar-refractivity contribution in [2.75, 3.05) is 18.5 Å². The van der Waals surface area contributed by atoms with Crippen molar-refractivity contribution >= 4 is 23.5 Å². The summed E-state index contributed by atoms with van der Waals surface area (Å²) in [6.07, 6.45) is 2.89. The number of halogens is 2. The van der Waals surface area contributed by atoms with Gasteiger partial charge in [-0.25, -0.2) is 0 Å². The Morgan fingerprint density at radius 1 is 0.971 bits per heavy atom. The highest BCUT2D eigenvalue weighted by molar-refractivity contribution is 6.07. The Kier molecular flexibility index (Phi) is 8.95. The molecule has 0 spiro atoms. The largest absolute Gasteiger partial charge is 0.490 e. The van der Waals surface area contributed by atoms with Crippen LogP contribution in [-0.2, 0) is 4.79 Å². The lowest BCUT2D eigenvalue weighted by atomic mass is 10.1. The molecule has 0 unspecified atom stereocenters. The summed E-state index contributed by atoms with van der Waals surface area (Å²) in [4.78, 5) is 24.7. The number of carbonyl (C=O) groups excluding carboxylic acids is 2. The van der Waals surface area contributed by atoms with Gasteiger partial charge in [0.2, 0.25) is 0 Å². The van der Waals surface area contributed by atoms with Gasteiger partial charge in [0.25, 0.3) is 5.91 Å². The molecular formula is C27H25F2NO5. The van der Waals surface area contributed by atoms with Crippen LogP contribution < -0.4 is 19.5 Å². The molecule has 0 fully saturated rings. The Balaban J connectivity index is 1.66. The van der Waals surface area contributed by atoms with Crippen LogP contribution in [0.15, 0.2) is 72.8 Å². The van der Waals surface area contributed by atoms with Crippen LogP contribution >= 0.6 is 0 Å². The first-order valence-electron chi connectivity index (χ1n) is 10.9. The highest BCUT2D eigenvalue weighted by atomic mass is 19.3. The molecule has 8 heteroatoms. The Morgan fingerprint density at radius 2 is 1.77 bits per heavy atom. The lowest BCUT2D eigenvalue weighted by Gasteiger charge is -2.13. The van der Waals surface area contributed by atoms with Gasteiger partial charge in [-0.2, -0.15) is 8.78 Å². The Bertz CT molecular complexity index is 1210. The zero-order chi connectivity index (χ0) is 25.2. The summed E-state index contributed by atoms with van der Waals surface area (Å²) in [6.45, 7) is 0.902. The first-order valence-corrected chi connectivity index (χ1v) is 10.9. The van der Waals surface area contributed by atoms with Gasteiger partial charge in [0, 0.05) is 11.3 Å². The van der Waals surface area contributed by atoms with Gasteiger partial charge in [-0.3, -0.25) is 9.59 Å². The minimum atomic E-state index is -2.97. The molecule has 35 heavy (non-hydrogen) atoms. The van der Waals surface area contributed by atoms with Crippen LogP contribution in [-0.4, -0.2) is 31.5 Å². The van der Waals surface area contributed by atoms with E-state index in [-0.39, 0.29) is 29.6 Å². The number of aryl methyl sites for hydroxylation is 1. The summed E-state index contributed by atoms with van der Waals surface area (Å²) in [5.41, 5.74) is 2.51. The number of amides is 1. The van der Waals surface area contributed by atoms with Gasteiger partial charge in [-0.15, -0.1) is 0 Å². The van der Waals surface area contributed by atoms with Crippen LogP contribution in [0.2, 0.25) is 0 Å². The number of alkyl halides is 2. The molecule has 3 aromatic rings. The van der Waals surface area contributed by atoms with Crippen LogP contribution in [0.5, 0.6) is 17.2 Å². The second-order valence-electron chi connectivity index (χ2n) is 7.39. The molecule has 0 aliphatic heterocycles. The molecule has 1 amide bonds. The summed E-state index contributed by atoms with van der Waals surface area (Å²) in [5, 5.41) is 2.80. The van der Waals surface area contributed by atoms with E-state index in [0.29, 0.717) is 29.4 Å². The van der Waals surface area contributed by atoms with E-state index in [1.54, 1.807) is 24.3 Å². The predicted molar refractivity (Wildman–Crippen MR) is 129 cm³/mol. The normalized spacial score (nSPS) is 10.9. The van der Waals surface area contributed by atoms with Crippen LogP contribution in [0.1, 0.15) is 28.4 Å². The third kappa shape index (κ3) is 7.67. The Hall–Kier alpha value is -4.20. The number of ketones is 1. The van der Waals surface area contributed by atoms with Crippen molar-refractivity contribution in [2.45, 2.75) is 20.5 Å². The van der Waals surface area contributed by atoms with E-state index in [1.165, 1.54) is 30.3 Å². The molecular weight excluding hydrogens is 456 g/mol. The number of para-hydroxylation sites is 1. The van der Waals surface area contributed by atoms with Crippen molar-refractivity contribution in [1.82, 2.24) is 0 Å². The van der Waals surface area contributed by atoms with E-state index in [1.807, 2.05) is 38.1 Å². The molecule has 182 valence electrons. The second-order valence-corrected chi connectivity index (χ2v) is 7.39. The maximum Gasteiger partial charge on any atom is 0.387 e. The summed E-state index contributed by atoms with van der Waals surface area (Å²) >= 11 is 0. The monoisotopic (exact) mass is 481 g/mol. The molecule has 0 aliphatic carbocycles. The van der Waals surface area contributed by atoms with Gasteiger partial charge in [0.15, 0.2) is 23.9 Å². The molecule has 0 aromatic heterocycles. The molecule has 0 saturated carbocycles. The average molecular weight is 481 g/mol. The van der Waals surface area contributed by atoms with E-state index >= 15 is 0 Å². The fourth-order valence-electron chi connectivity index (χ4n) is 3.15. The minimum absolute atomic E-state index is 0.0918. The number of anilines is 1. The summed E-state index contributed by atoms with van der Waals surface area (Å²) in [6, 6.07) is 18.0. The topological polar surface area (TPSA) is 73.9 Å². The predicted octanol–water partition coefficient (Wildman–Crippen LogP) is 5.91. The van der Waals surface area contributed by atoms with E-state index in [9.17, 15) is 18.4 Å². The van der Waals surface area contributed by atoms with Crippen molar-refractivity contribution in [3.05, 3.63) is 89.5 Å². The standard InChI is InChI=1S/C27H25F2NO5/c1-3-33-25-15-19(11-13-23(31)20-8-6-9-21(16-20)35-27(28)29)12-14-24(25)34-17-26(32)30-22-10-5-4-7-18(22)2/h4-16,27H,3,17H2,1-2H3,(H,30,32)/b13-11+. The number of ether oxygens (including phenoxy) is 3. The Morgan fingerprint density at radius 3 is 2.51 bits per heavy atom. The van der Waals surface area contributed by atoms with Gasteiger partial charge in [0.05, 0.1) is 6.61 Å². The van der Waals surface area contributed by atoms with Crippen LogP contribution in [0.3, 0.4) is 0 Å². The van der Waals surface area contributed by atoms with Crippen molar-refractivity contribution in [1.29, 1.82) is 0 Å². The van der Waals surface area contributed by atoms with E-state index in [0.717, 1.165) is 5.56 Å². The van der Waals surface area contributed by atoms with Crippen LogP contribution in [0, 0.1) is 6.92 Å². The lowest BCUT2D eigenvalue weighted by molar-refractivity contribution is -0.118. The average Bonchev–Trinajstić information content (AvgIpc) is 2.83. The van der Waals surface area contributed by atoms with Crippen molar-refractivity contribution in [2.24, 2.45) is 0 Å². The number of rotatable bonds is 11. The molecule has 0 aliphatic rings. The smallest absolute Gasteiger partial charge is 0.387 e. The third-order valence-electron chi connectivity index (χ3n) is 4.82. The molecule has 0 bridgehead atoms. The highest BCUT2D eigenvalue weighted by Crippen LogP contribution is 2.29. The zero-order valence-electron chi connectivity index (χ0n) is 19.3. The number of allylic oxidation sites excluding steroid dienone is 1. The second kappa shape index (κ2) is 12.3. The Labute approximate surface area is 202 Å². The van der Waals surface area contributed by atoms with Gasteiger partial charge < -0.3 is 19.5 Å². The molecule has 0 heterocycles.